The van der Waals surface area contributed by atoms with E-state index in [0.717, 1.165) is 28.9 Å². The van der Waals surface area contributed by atoms with Crippen molar-refractivity contribution < 1.29 is 14.3 Å². The molecule has 1 fully saturated rings. The summed E-state index contributed by atoms with van der Waals surface area (Å²) < 4.78 is 5.76. The lowest BCUT2D eigenvalue weighted by atomic mass is 10.1. The van der Waals surface area contributed by atoms with Crippen LogP contribution in [0.2, 0.25) is 0 Å². The number of amides is 2. The van der Waals surface area contributed by atoms with E-state index in [1.807, 2.05) is 68.1 Å². The SMILES string of the molecule is Cc1ccc(C(=O)N2CCCN(C(=O)COc3cccc(C)c3C)CC2)cc1. The molecule has 5 nitrogen and oxygen atoms in total. The van der Waals surface area contributed by atoms with Gasteiger partial charge in [0.05, 0.1) is 0 Å². The molecule has 1 heterocycles. The van der Waals surface area contributed by atoms with Crippen molar-refractivity contribution in [2.45, 2.75) is 27.2 Å². The largest absolute Gasteiger partial charge is 0.483 e. The van der Waals surface area contributed by atoms with Crippen molar-refractivity contribution in [1.82, 2.24) is 9.80 Å². The molecule has 0 radical (unpaired) electrons. The summed E-state index contributed by atoms with van der Waals surface area (Å²) in [6.45, 7) is 8.43. The molecule has 0 atom stereocenters. The van der Waals surface area contributed by atoms with Gasteiger partial charge in [-0.2, -0.15) is 0 Å². The number of rotatable bonds is 4. The molecule has 0 aliphatic carbocycles. The molecule has 0 unspecified atom stereocenters. The molecular weight excluding hydrogens is 352 g/mol. The van der Waals surface area contributed by atoms with Crippen LogP contribution in [-0.4, -0.2) is 54.4 Å². The number of carbonyl (C=O) groups excluding carboxylic acids is 2. The van der Waals surface area contributed by atoms with Crippen molar-refractivity contribution in [2.75, 3.05) is 32.8 Å². The van der Waals surface area contributed by atoms with Gasteiger partial charge >= 0.3 is 0 Å². The van der Waals surface area contributed by atoms with Gasteiger partial charge in [0.15, 0.2) is 6.61 Å². The van der Waals surface area contributed by atoms with Crippen LogP contribution in [0.3, 0.4) is 0 Å². The second-order valence-electron chi connectivity index (χ2n) is 7.38. The monoisotopic (exact) mass is 380 g/mol. The first-order chi connectivity index (χ1) is 13.5. The zero-order chi connectivity index (χ0) is 20.1. The summed E-state index contributed by atoms with van der Waals surface area (Å²) in [5.41, 5.74) is 4.03. The average Bonchev–Trinajstić information content (AvgIpc) is 2.95. The van der Waals surface area contributed by atoms with Crippen LogP contribution in [0.4, 0.5) is 0 Å². The maximum absolute atomic E-state index is 12.7. The normalized spacial score (nSPS) is 14.5. The fourth-order valence-corrected chi connectivity index (χ4v) is 3.36. The van der Waals surface area contributed by atoms with Gasteiger partial charge in [-0.15, -0.1) is 0 Å². The molecule has 0 spiro atoms. The Labute approximate surface area is 166 Å². The number of hydrogen-bond acceptors (Lipinski definition) is 3. The zero-order valence-electron chi connectivity index (χ0n) is 16.9. The van der Waals surface area contributed by atoms with Crippen molar-refractivity contribution in [3.05, 3.63) is 64.7 Å². The van der Waals surface area contributed by atoms with Gasteiger partial charge in [-0.05, 0) is 56.5 Å². The Morgan fingerprint density at radius 2 is 1.57 bits per heavy atom. The summed E-state index contributed by atoms with van der Waals surface area (Å²) >= 11 is 0. The van der Waals surface area contributed by atoms with Crippen molar-refractivity contribution in [3.8, 4) is 5.75 Å². The first-order valence-electron chi connectivity index (χ1n) is 9.78. The van der Waals surface area contributed by atoms with Crippen LogP contribution in [0.15, 0.2) is 42.5 Å². The number of ether oxygens (including phenoxy) is 1. The van der Waals surface area contributed by atoms with Crippen molar-refractivity contribution >= 4 is 11.8 Å². The standard InChI is InChI=1S/C23H28N2O3/c1-17-8-10-20(11-9-17)23(27)25-13-5-12-24(14-15-25)22(26)16-28-21-7-4-6-18(2)19(21)3/h4,6-11H,5,12-16H2,1-3H3. The highest BCUT2D eigenvalue weighted by Crippen LogP contribution is 2.20. The molecule has 148 valence electrons. The highest BCUT2D eigenvalue weighted by atomic mass is 16.5. The van der Waals surface area contributed by atoms with Gasteiger partial charge in [0.1, 0.15) is 5.75 Å². The van der Waals surface area contributed by atoms with Gasteiger partial charge in [-0.25, -0.2) is 0 Å². The quantitative estimate of drug-likeness (QED) is 0.817. The first-order valence-corrected chi connectivity index (χ1v) is 9.78. The van der Waals surface area contributed by atoms with Gasteiger partial charge in [0, 0.05) is 31.7 Å². The highest BCUT2D eigenvalue weighted by molar-refractivity contribution is 5.94. The van der Waals surface area contributed by atoms with Crippen LogP contribution in [0.1, 0.15) is 33.5 Å². The average molecular weight is 380 g/mol. The van der Waals surface area contributed by atoms with E-state index in [0.29, 0.717) is 31.7 Å². The van der Waals surface area contributed by atoms with Gasteiger partial charge in [-0.1, -0.05) is 29.8 Å². The van der Waals surface area contributed by atoms with Crippen LogP contribution >= 0.6 is 0 Å². The topological polar surface area (TPSA) is 49.9 Å². The Balaban J connectivity index is 1.55. The first kappa shape index (κ1) is 19.9. The van der Waals surface area contributed by atoms with Crippen molar-refractivity contribution in [3.63, 3.8) is 0 Å². The summed E-state index contributed by atoms with van der Waals surface area (Å²) in [6.07, 6.45) is 0.771. The predicted octanol–water partition coefficient (Wildman–Crippen LogP) is 3.37. The smallest absolute Gasteiger partial charge is 0.260 e. The van der Waals surface area contributed by atoms with E-state index in [4.69, 9.17) is 4.74 Å². The van der Waals surface area contributed by atoms with E-state index in [9.17, 15) is 9.59 Å². The minimum Gasteiger partial charge on any atom is -0.483 e. The van der Waals surface area contributed by atoms with Gasteiger partial charge in [0.25, 0.3) is 11.8 Å². The Kier molecular flexibility index (Phi) is 6.34. The maximum Gasteiger partial charge on any atom is 0.260 e. The summed E-state index contributed by atoms with van der Waals surface area (Å²) in [6, 6.07) is 13.5. The van der Waals surface area contributed by atoms with Crippen LogP contribution < -0.4 is 4.74 Å². The van der Waals surface area contributed by atoms with Crippen LogP contribution in [0, 0.1) is 20.8 Å². The Bertz CT molecular complexity index is 845. The van der Waals surface area contributed by atoms with Crippen LogP contribution in [0.5, 0.6) is 5.75 Å². The molecular formula is C23H28N2O3. The molecule has 0 saturated carbocycles. The summed E-state index contributed by atoms with van der Waals surface area (Å²) in [5, 5.41) is 0. The molecule has 2 aromatic carbocycles. The second-order valence-corrected chi connectivity index (χ2v) is 7.38. The molecule has 1 saturated heterocycles. The third-order valence-corrected chi connectivity index (χ3v) is 5.34. The third-order valence-electron chi connectivity index (χ3n) is 5.34. The molecule has 0 N–H and O–H groups in total. The fraction of sp³-hybridized carbons (Fsp3) is 0.391. The molecule has 1 aliphatic heterocycles. The number of aryl methyl sites for hydroxylation is 2. The van der Waals surface area contributed by atoms with Crippen molar-refractivity contribution in [1.29, 1.82) is 0 Å². The van der Waals surface area contributed by atoms with E-state index in [1.54, 1.807) is 4.90 Å². The van der Waals surface area contributed by atoms with E-state index in [1.165, 1.54) is 0 Å². The van der Waals surface area contributed by atoms with E-state index >= 15 is 0 Å². The van der Waals surface area contributed by atoms with Crippen LogP contribution in [0.25, 0.3) is 0 Å². The van der Waals surface area contributed by atoms with Crippen LogP contribution in [-0.2, 0) is 4.79 Å². The highest BCUT2D eigenvalue weighted by Gasteiger charge is 2.23. The van der Waals surface area contributed by atoms with Gasteiger partial charge in [-0.3, -0.25) is 9.59 Å². The van der Waals surface area contributed by atoms with E-state index in [2.05, 4.69) is 0 Å². The van der Waals surface area contributed by atoms with E-state index in [-0.39, 0.29) is 18.4 Å². The number of benzene rings is 2. The Hall–Kier alpha value is -2.82. The second kappa shape index (κ2) is 8.91. The minimum atomic E-state index is -0.0365. The lowest BCUT2D eigenvalue weighted by Crippen LogP contribution is -2.39. The zero-order valence-corrected chi connectivity index (χ0v) is 16.9. The predicted molar refractivity (Wildman–Crippen MR) is 110 cm³/mol. The molecule has 0 bridgehead atoms. The Morgan fingerprint density at radius 1 is 0.893 bits per heavy atom. The number of hydrogen-bond donors (Lipinski definition) is 0. The molecule has 2 amide bonds. The third kappa shape index (κ3) is 4.71. The molecule has 5 heteroatoms. The maximum atomic E-state index is 12.7. The van der Waals surface area contributed by atoms with Gasteiger partial charge in [0.2, 0.25) is 0 Å². The number of nitrogens with zero attached hydrogens (tertiary/aromatic N) is 2. The molecule has 0 aromatic heterocycles. The lowest BCUT2D eigenvalue weighted by molar-refractivity contribution is -0.133. The summed E-state index contributed by atoms with van der Waals surface area (Å²) in [4.78, 5) is 29.0. The summed E-state index contributed by atoms with van der Waals surface area (Å²) in [7, 11) is 0. The van der Waals surface area contributed by atoms with E-state index < -0.39 is 0 Å². The molecule has 2 aromatic rings. The molecule has 28 heavy (non-hydrogen) atoms. The van der Waals surface area contributed by atoms with Gasteiger partial charge < -0.3 is 14.5 Å². The summed E-state index contributed by atoms with van der Waals surface area (Å²) in [5.74, 6) is 0.742. The van der Waals surface area contributed by atoms with Crippen molar-refractivity contribution in [2.24, 2.45) is 0 Å². The lowest BCUT2D eigenvalue weighted by Gasteiger charge is -2.22. The molecule has 3 rings (SSSR count). The Morgan fingerprint density at radius 3 is 2.32 bits per heavy atom. The molecule has 1 aliphatic rings. The number of carbonyl (C=O) groups is 2. The fourth-order valence-electron chi connectivity index (χ4n) is 3.36. The minimum absolute atomic E-state index is 0.0240.